The molecule has 0 aliphatic rings. The first-order chi connectivity index (χ1) is 13.3. The average Bonchev–Trinajstić information content (AvgIpc) is 2.64. The largest absolute Gasteiger partial charge is 0.478 e. The molecular formula is C20H19BrN2O4S. The number of carboxylic acids is 1. The Kier molecular flexibility index (Phi) is 7.83. The number of para-hydroxylation sites is 1. The lowest BCUT2D eigenvalue weighted by atomic mass is 10.2. The van der Waals surface area contributed by atoms with Gasteiger partial charge in [-0.25, -0.2) is 4.79 Å². The molecule has 0 aliphatic heterocycles. The third-order valence-electron chi connectivity index (χ3n) is 3.62. The first-order valence-corrected chi connectivity index (χ1v) is 9.98. The van der Waals surface area contributed by atoms with Gasteiger partial charge in [0.05, 0.1) is 10.9 Å². The molecule has 2 amide bonds. The molecule has 0 saturated carbocycles. The molecule has 0 radical (unpaired) electrons. The quantitative estimate of drug-likeness (QED) is 0.414. The highest BCUT2D eigenvalue weighted by Crippen LogP contribution is 2.27. The van der Waals surface area contributed by atoms with E-state index in [1.54, 1.807) is 24.3 Å². The number of halogens is 1. The van der Waals surface area contributed by atoms with Gasteiger partial charge in [-0.15, -0.1) is 11.8 Å². The Bertz CT molecular complexity index is 913. The van der Waals surface area contributed by atoms with E-state index < -0.39 is 11.9 Å². The van der Waals surface area contributed by atoms with E-state index in [4.69, 9.17) is 5.11 Å². The first kappa shape index (κ1) is 21.7. The monoisotopic (exact) mass is 462 g/mol. The van der Waals surface area contributed by atoms with Gasteiger partial charge in [0.2, 0.25) is 11.8 Å². The second-order valence-corrected chi connectivity index (χ2v) is 8.14. The zero-order valence-corrected chi connectivity index (χ0v) is 17.6. The molecule has 6 nitrogen and oxygen atoms in total. The van der Waals surface area contributed by atoms with Gasteiger partial charge in [-0.2, -0.15) is 0 Å². The number of hydrogen-bond acceptors (Lipinski definition) is 4. The highest BCUT2D eigenvalue weighted by molar-refractivity contribution is 9.10. The van der Waals surface area contributed by atoms with Crippen LogP contribution in [0.1, 0.15) is 13.8 Å². The van der Waals surface area contributed by atoms with Crippen LogP contribution in [0.3, 0.4) is 0 Å². The minimum atomic E-state index is -1.14. The summed E-state index contributed by atoms with van der Waals surface area (Å²) >= 11 is 4.79. The number of thioether (sulfide) groups is 1. The van der Waals surface area contributed by atoms with Gasteiger partial charge in [-0.3, -0.25) is 9.59 Å². The van der Waals surface area contributed by atoms with Gasteiger partial charge >= 0.3 is 5.97 Å². The summed E-state index contributed by atoms with van der Waals surface area (Å²) in [7, 11) is 0. The number of nitrogens with one attached hydrogen (secondary N) is 2. The van der Waals surface area contributed by atoms with Gasteiger partial charge in [0, 0.05) is 26.7 Å². The zero-order chi connectivity index (χ0) is 20.7. The minimum absolute atomic E-state index is 0.0467. The van der Waals surface area contributed by atoms with Crippen LogP contribution in [0, 0.1) is 0 Å². The Labute approximate surface area is 175 Å². The lowest BCUT2D eigenvalue weighted by Crippen LogP contribution is -2.22. The molecule has 1 atom stereocenters. The summed E-state index contributed by atoms with van der Waals surface area (Å²) in [5.41, 5.74) is 1.20. The van der Waals surface area contributed by atoms with E-state index in [1.807, 2.05) is 31.2 Å². The third kappa shape index (κ3) is 6.54. The van der Waals surface area contributed by atoms with Crippen molar-refractivity contribution in [1.82, 2.24) is 0 Å². The smallest absolute Gasteiger partial charge is 0.331 e. The van der Waals surface area contributed by atoms with Crippen molar-refractivity contribution in [2.75, 3.05) is 10.6 Å². The lowest BCUT2D eigenvalue weighted by Gasteiger charge is -2.13. The molecule has 2 aromatic carbocycles. The first-order valence-electron chi connectivity index (χ1n) is 8.31. The van der Waals surface area contributed by atoms with Crippen LogP contribution < -0.4 is 10.6 Å². The van der Waals surface area contributed by atoms with Crippen LogP contribution in [0.2, 0.25) is 0 Å². The maximum atomic E-state index is 12.4. The van der Waals surface area contributed by atoms with Crippen molar-refractivity contribution >= 4 is 56.9 Å². The molecule has 0 saturated heterocycles. The maximum Gasteiger partial charge on any atom is 0.331 e. The molecule has 0 heterocycles. The highest BCUT2D eigenvalue weighted by Gasteiger charge is 2.15. The van der Waals surface area contributed by atoms with E-state index in [0.717, 1.165) is 15.4 Å². The predicted octanol–water partition coefficient (Wildman–Crippen LogP) is 4.54. The Balaban J connectivity index is 1.93. The van der Waals surface area contributed by atoms with Gasteiger partial charge in [0.15, 0.2) is 0 Å². The number of amides is 2. The van der Waals surface area contributed by atoms with Crippen LogP contribution in [-0.2, 0) is 14.4 Å². The summed E-state index contributed by atoms with van der Waals surface area (Å²) in [5.74, 6) is -1.78. The fourth-order valence-corrected chi connectivity index (χ4v) is 3.36. The van der Waals surface area contributed by atoms with Crippen molar-refractivity contribution in [3.05, 3.63) is 64.7 Å². The lowest BCUT2D eigenvalue weighted by molar-refractivity contribution is -0.132. The number of carbonyl (C=O) groups excluding carboxylic acids is 2. The number of aliphatic carboxylic acids is 1. The molecule has 28 heavy (non-hydrogen) atoms. The standard InChI is InChI=1S/C20H19BrN2O4S/c1-12(20(26)27)11-18(24)22-14-7-9-15(10-8-14)28-13(2)19(25)23-17-6-4-3-5-16(17)21/h3-11,13H,1-2H3,(H,22,24)(H,23,25)(H,26,27)/b12-11-/t13-/m0/s1. The minimum Gasteiger partial charge on any atom is -0.478 e. The van der Waals surface area contributed by atoms with Crippen molar-refractivity contribution in [3.8, 4) is 0 Å². The van der Waals surface area contributed by atoms with E-state index in [0.29, 0.717) is 11.4 Å². The molecule has 0 aliphatic carbocycles. The molecule has 146 valence electrons. The molecule has 2 aromatic rings. The van der Waals surface area contributed by atoms with Gasteiger partial charge in [-0.05, 0) is 66.2 Å². The van der Waals surface area contributed by atoms with Crippen molar-refractivity contribution in [2.24, 2.45) is 0 Å². The van der Waals surface area contributed by atoms with Crippen LogP contribution in [0.15, 0.2) is 69.5 Å². The number of hydrogen-bond donors (Lipinski definition) is 3. The van der Waals surface area contributed by atoms with Crippen molar-refractivity contribution in [1.29, 1.82) is 0 Å². The van der Waals surface area contributed by atoms with Gasteiger partial charge in [0.1, 0.15) is 0 Å². The topological polar surface area (TPSA) is 95.5 Å². The van der Waals surface area contributed by atoms with Gasteiger partial charge in [-0.1, -0.05) is 12.1 Å². The number of carboxylic acid groups (broad SMARTS) is 1. The second kappa shape index (κ2) is 10.1. The summed E-state index contributed by atoms with van der Waals surface area (Å²) in [6, 6.07) is 14.4. The Hall–Kier alpha value is -2.58. The highest BCUT2D eigenvalue weighted by atomic mass is 79.9. The fraction of sp³-hybridized carbons (Fsp3) is 0.150. The van der Waals surface area contributed by atoms with E-state index in [9.17, 15) is 14.4 Å². The summed E-state index contributed by atoms with van der Waals surface area (Å²) in [6.45, 7) is 3.16. The molecule has 3 N–H and O–H groups in total. The number of carbonyl (C=O) groups is 3. The van der Waals surface area contributed by atoms with Crippen molar-refractivity contribution < 1.29 is 19.5 Å². The van der Waals surface area contributed by atoms with Gasteiger partial charge < -0.3 is 15.7 Å². The third-order valence-corrected chi connectivity index (χ3v) is 5.42. The molecule has 8 heteroatoms. The normalized spacial score (nSPS) is 12.2. The van der Waals surface area contributed by atoms with Crippen LogP contribution >= 0.6 is 27.7 Å². The van der Waals surface area contributed by atoms with E-state index in [-0.39, 0.29) is 16.7 Å². The molecule has 0 aromatic heterocycles. The molecule has 2 rings (SSSR count). The maximum absolute atomic E-state index is 12.4. The summed E-state index contributed by atoms with van der Waals surface area (Å²) in [6.07, 6.45) is 1.03. The number of anilines is 2. The molecule has 0 unspecified atom stereocenters. The van der Waals surface area contributed by atoms with E-state index in [1.165, 1.54) is 18.7 Å². The molecule has 0 bridgehead atoms. The van der Waals surface area contributed by atoms with E-state index in [2.05, 4.69) is 26.6 Å². The van der Waals surface area contributed by atoms with Gasteiger partial charge in [0.25, 0.3) is 0 Å². The van der Waals surface area contributed by atoms with Crippen molar-refractivity contribution in [3.63, 3.8) is 0 Å². The SMILES string of the molecule is C/C(=C/C(=O)Nc1ccc(S[C@@H](C)C(=O)Nc2ccccc2Br)cc1)C(=O)O. The summed E-state index contributed by atoms with van der Waals surface area (Å²) in [4.78, 5) is 35.7. The van der Waals surface area contributed by atoms with Crippen LogP contribution in [0.5, 0.6) is 0 Å². The Morgan fingerprint density at radius 1 is 1.07 bits per heavy atom. The summed E-state index contributed by atoms with van der Waals surface area (Å²) < 4.78 is 0.813. The summed E-state index contributed by atoms with van der Waals surface area (Å²) in [5, 5.41) is 13.9. The predicted molar refractivity (Wildman–Crippen MR) is 115 cm³/mol. The van der Waals surface area contributed by atoms with Crippen LogP contribution in [0.25, 0.3) is 0 Å². The average molecular weight is 463 g/mol. The Morgan fingerprint density at radius 3 is 2.32 bits per heavy atom. The number of benzene rings is 2. The Morgan fingerprint density at radius 2 is 1.71 bits per heavy atom. The fourth-order valence-electron chi connectivity index (χ4n) is 2.11. The zero-order valence-electron chi connectivity index (χ0n) is 15.2. The molecule has 0 fully saturated rings. The van der Waals surface area contributed by atoms with Crippen LogP contribution in [-0.4, -0.2) is 28.1 Å². The van der Waals surface area contributed by atoms with Crippen LogP contribution in [0.4, 0.5) is 11.4 Å². The molecular weight excluding hydrogens is 444 g/mol. The van der Waals surface area contributed by atoms with E-state index >= 15 is 0 Å². The molecule has 0 spiro atoms. The van der Waals surface area contributed by atoms with Crippen molar-refractivity contribution in [2.45, 2.75) is 24.0 Å². The second-order valence-electron chi connectivity index (χ2n) is 5.88. The number of rotatable bonds is 7.